The fourth-order valence-corrected chi connectivity index (χ4v) is 1.43. The number of hydrogen-bond donors (Lipinski definition) is 1. The minimum Gasteiger partial charge on any atom is -0.462 e. The molecule has 1 aromatic rings. The quantitative estimate of drug-likeness (QED) is 0.818. The molecule has 92 valence electrons. The van der Waals surface area contributed by atoms with Gasteiger partial charge in [0.2, 0.25) is 0 Å². The highest BCUT2D eigenvalue weighted by Crippen LogP contribution is 2.13. The van der Waals surface area contributed by atoms with Gasteiger partial charge in [0.25, 0.3) is 6.43 Å². The van der Waals surface area contributed by atoms with Crippen LogP contribution in [-0.4, -0.2) is 29.0 Å². The summed E-state index contributed by atoms with van der Waals surface area (Å²) in [5, 5.41) is 8.81. The van der Waals surface area contributed by atoms with Crippen LogP contribution in [0.4, 0.5) is 8.78 Å². The number of hydrogen-bond acceptors (Lipinski definition) is 3. The van der Waals surface area contributed by atoms with Gasteiger partial charge in [-0.2, -0.15) is 0 Å². The van der Waals surface area contributed by atoms with Crippen molar-refractivity contribution in [3.63, 3.8) is 0 Å². The average Bonchev–Trinajstić information content (AvgIpc) is 2.63. The van der Waals surface area contributed by atoms with Crippen molar-refractivity contribution < 1.29 is 18.3 Å². The highest BCUT2D eigenvalue weighted by molar-refractivity contribution is 5.06. The van der Waals surface area contributed by atoms with E-state index in [0.29, 0.717) is 18.1 Å². The molecular formula is C11H17F2NO2. The Balaban J connectivity index is 2.60. The van der Waals surface area contributed by atoms with Crippen molar-refractivity contribution in [2.45, 2.75) is 39.5 Å². The molecule has 0 aliphatic carbocycles. The van der Waals surface area contributed by atoms with E-state index >= 15 is 0 Å². The molecule has 0 aliphatic rings. The van der Waals surface area contributed by atoms with Gasteiger partial charge in [0.05, 0.1) is 13.1 Å². The lowest BCUT2D eigenvalue weighted by atomic mass is 10.3. The van der Waals surface area contributed by atoms with Crippen molar-refractivity contribution in [2.24, 2.45) is 0 Å². The highest BCUT2D eigenvalue weighted by atomic mass is 19.3. The second kappa shape index (κ2) is 5.96. The molecule has 0 amide bonds. The molecule has 0 fully saturated rings. The molecule has 0 aromatic carbocycles. The molecule has 3 nitrogen and oxygen atoms in total. The van der Waals surface area contributed by atoms with Crippen LogP contribution >= 0.6 is 0 Å². The maximum Gasteiger partial charge on any atom is 0.251 e. The van der Waals surface area contributed by atoms with Crippen LogP contribution in [0.15, 0.2) is 16.5 Å². The first kappa shape index (κ1) is 13.1. The zero-order valence-electron chi connectivity index (χ0n) is 9.49. The lowest BCUT2D eigenvalue weighted by molar-refractivity contribution is 0.0646. The van der Waals surface area contributed by atoms with Crippen LogP contribution in [0, 0.1) is 0 Å². The molecule has 0 radical (unpaired) electrons. The van der Waals surface area contributed by atoms with Gasteiger partial charge in [0, 0.05) is 6.04 Å². The monoisotopic (exact) mass is 233 g/mol. The lowest BCUT2D eigenvalue weighted by Crippen LogP contribution is -2.34. The maximum absolute atomic E-state index is 12.3. The van der Waals surface area contributed by atoms with Crippen molar-refractivity contribution in [1.29, 1.82) is 0 Å². The van der Waals surface area contributed by atoms with Gasteiger partial charge in [0.15, 0.2) is 0 Å². The molecule has 0 bridgehead atoms. The molecule has 16 heavy (non-hydrogen) atoms. The molecule has 1 heterocycles. The summed E-state index contributed by atoms with van der Waals surface area (Å²) < 4.78 is 29.9. The summed E-state index contributed by atoms with van der Waals surface area (Å²) in [5.41, 5.74) is 0. The molecular weight excluding hydrogens is 216 g/mol. The van der Waals surface area contributed by atoms with Gasteiger partial charge in [-0.3, -0.25) is 4.90 Å². The predicted octanol–water partition coefficient (Wildman–Crippen LogP) is 2.25. The molecule has 0 saturated carbocycles. The Bertz CT molecular complexity index is 313. The summed E-state index contributed by atoms with van der Waals surface area (Å²) in [5.74, 6) is 1.05. The molecule has 1 aromatic heterocycles. The predicted molar refractivity (Wildman–Crippen MR) is 56.2 cm³/mol. The van der Waals surface area contributed by atoms with E-state index in [0.717, 1.165) is 0 Å². The Morgan fingerprint density at radius 1 is 1.31 bits per heavy atom. The van der Waals surface area contributed by atoms with Crippen LogP contribution in [0.25, 0.3) is 0 Å². The van der Waals surface area contributed by atoms with Gasteiger partial charge >= 0.3 is 0 Å². The first-order valence-electron chi connectivity index (χ1n) is 5.23. The van der Waals surface area contributed by atoms with Gasteiger partial charge in [-0.1, -0.05) is 0 Å². The zero-order valence-corrected chi connectivity index (χ0v) is 9.49. The first-order chi connectivity index (χ1) is 7.52. The summed E-state index contributed by atoms with van der Waals surface area (Å²) in [6.45, 7) is 3.61. The van der Waals surface area contributed by atoms with Crippen molar-refractivity contribution in [2.75, 3.05) is 6.54 Å². The van der Waals surface area contributed by atoms with E-state index in [9.17, 15) is 8.78 Å². The van der Waals surface area contributed by atoms with E-state index < -0.39 is 6.43 Å². The fraction of sp³-hybridized carbons (Fsp3) is 0.636. The number of halogens is 2. The van der Waals surface area contributed by atoms with Crippen LogP contribution in [0.1, 0.15) is 25.4 Å². The Kier molecular flexibility index (Phi) is 4.89. The topological polar surface area (TPSA) is 36.6 Å². The molecule has 1 N–H and O–H groups in total. The molecule has 0 atom stereocenters. The molecule has 0 aliphatic heterocycles. The SMILES string of the molecule is CC(C)N(Cc1ccc(CO)o1)CC(F)F. The zero-order chi connectivity index (χ0) is 12.1. The van der Waals surface area contributed by atoms with E-state index in [1.54, 1.807) is 17.0 Å². The van der Waals surface area contributed by atoms with E-state index in [1.807, 2.05) is 13.8 Å². The second-order valence-electron chi connectivity index (χ2n) is 3.94. The van der Waals surface area contributed by atoms with Gasteiger partial charge < -0.3 is 9.52 Å². The number of aliphatic hydroxyl groups is 1. The third-order valence-corrected chi connectivity index (χ3v) is 2.33. The third-order valence-electron chi connectivity index (χ3n) is 2.33. The van der Waals surface area contributed by atoms with Gasteiger partial charge in [0.1, 0.15) is 18.1 Å². The van der Waals surface area contributed by atoms with E-state index in [-0.39, 0.29) is 19.2 Å². The van der Waals surface area contributed by atoms with Gasteiger partial charge in [-0.15, -0.1) is 0 Å². The Hall–Kier alpha value is -0.940. The Labute approximate surface area is 93.7 Å². The largest absolute Gasteiger partial charge is 0.462 e. The van der Waals surface area contributed by atoms with Gasteiger partial charge in [-0.25, -0.2) is 8.78 Å². The molecule has 0 unspecified atom stereocenters. The van der Waals surface area contributed by atoms with Crippen molar-refractivity contribution >= 4 is 0 Å². The van der Waals surface area contributed by atoms with Crippen LogP contribution in [0.3, 0.4) is 0 Å². The molecule has 5 heteroatoms. The van der Waals surface area contributed by atoms with Crippen LogP contribution in [0.2, 0.25) is 0 Å². The minimum absolute atomic E-state index is 0.0247. The van der Waals surface area contributed by atoms with Crippen LogP contribution in [0.5, 0.6) is 0 Å². The van der Waals surface area contributed by atoms with Crippen molar-refractivity contribution in [3.05, 3.63) is 23.7 Å². The van der Waals surface area contributed by atoms with Crippen LogP contribution in [-0.2, 0) is 13.2 Å². The highest BCUT2D eigenvalue weighted by Gasteiger charge is 2.17. The standard InChI is InChI=1S/C11H17F2NO2/c1-8(2)14(6-11(12)13)5-9-3-4-10(7-15)16-9/h3-4,8,11,15H,5-7H2,1-2H3. The Morgan fingerprint density at radius 2 is 1.94 bits per heavy atom. The maximum atomic E-state index is 12.3. The number of nitrogens with zero attached hydrogens (tertiary/aromatic N) is 1. The lowest BCUT2D eigenvalue weighted by Gasteiger charge is -2.24. The third kappa shape index (κ3) is 3.90. The normalized spacial score (nSPS) is 12.0. The molecule has 1 rings (SSSR count). The summed E-state index contributed by atoms with van der Waals surface area (Å²) in [4.78, 5) is 1.63. The summed E-state index contributed by atoms with van der Waals surface area (Å²) in [6.07, 6.45) is -2.35. The van der Waals surface area contributed by atoms with E-state index in [4.69, 9.17) is 9.52 Å². The molecule has 0 spiro atoms. The van der Waals surface area contributed by atoms with E-state index in [1.165, 1.54) is 0 Å². The Morgan fingerprint density at radius 3 is 2.38 bits per heavy atom. The summed E-state index contributed by atoms with van der Waals surface area (Å²) >= 11 is 0. The summed E-state index contributed by atoms with van der Waals surface area (Å²) in [7, 11) is 0. The number of rotatable bonds is 6. The number of aliphatic hydroxyl groups excluding tert-OH is 1. The van der Waals surface area contributed by atoms with Gasteiger partial charge in [-0.05, 0) is 26.0 Å². The van der Waals surface area contributed by atoms with Crippen molar-refractivity contribution in [1.82, 2.24) is 4.90 Å². The van der Waals surface area contributed by atoms with Crippen LogP contribution < -0.4 is 0 Å². The second-order valence-corrected chi connectivity index (χ2v) is 3.94. The first-order valence-corrected chi connectivity index (χ1v) is 5.23. The number of alkyl halides is 2. The summed E-state index contributed by atoms with van der Waals surface area (Å²) in [6, 6.07) is 3.37. The average molecular weight is 233 g/mol. The number of furan rings is 1. The fourth-order valence-electron chi connectivity index (χ4n) is 1.43. The minimum atomic E-state index is -2.35. The molecule has 0 saturated heterocycles. The smallest absolute Gasteiger partial charge is 0.251 e. The van der Waals surface area contributed by atoms with Crippen molar-refractivity contribution in [3.8, 4) is 0 Å². The van der Waals surface area contributed by atoms with E-state index in [2.05, 4.69) is 0 Å².